The molecule has 0 aromatic heterocycles. The Morgan fingerprint density at radius 3 is 2.41 bits per heavy atom. The Morgan fingerprint density at radius 2 is 1.89 bits per heavy atom. The highest BCUT2D eigenvalue weighted by Gasteiger charge is 2.36. The van der Waals surface area contributed by atoms with Crippen molar-refractivity contribution in [2.24, 2.45) is 0 Å². The zero-order valence-corrected chi connectivity index (χ0v) is 17.3. The van der Waals surface area contributed by atoms with Gasteiger partial charge in [-0.2, -0.15) is 0 Å². The predicted octanol–water partition coefficient (Wildman–Crippen LogP) is 2.20. The number of carbonyl (C=O) groups is 2. The van der Waals surface area contributed by atoms with Crippen LogP contribution in [0.5, 0.6) is 0 Å². The van der Waals surface area contributed by atoms with Crippen LogP contribution in [-0.2, 0) is 46.7 Å². The SMILES string of the molecule is CCOP(=O)(OCC[C@@H](COC(C)=O)OC(C)=O)OCC1COC(C)(C)O1. The van der Waals surface area contributed by atoms with Crippen LogP contribution in [0.15, 0.2) is 0 Å². The van der Waals surface area contributed by atoms with E-state index < -0.39 is 37.8 Å². The molecule has 0 radical (unpaired) electrons. The lowest BCUT2D eigenvalue weighted by molar-refractivity contribution is -0.157. The van der Waals surface area contributed by atoms with E-state index >= 15 is 0 Å². The second-order valence-corrected chi connectivity index (χ2v) is 7.94. The Bertz CT molecular complexity index is 535. The van der Waals surface area contributed by atoms with Crippen molar-refractivity contribution < 1.29 is 46.7 Å². The summed E-state index contributed by atoms with van der Waals surface area (Å²) in [4.78, 5) is 22.0. The third-order valence-corrected chi connectivity index (χ3v) is 4.81. The van der Waals surface area contributed by atoms with Gasteiger partial charge in [-0.3, -0.25) is 23.2 Å². The molecule has 10 nitrogen and oxygen atoms in total. The molecule has 0 saturated carbocycles. The van der Waals surface area contributed by atoms with Crippen LogP contribution in [-0.4, -0.2) is 63.0 Å². The van der Waals surface area contributed by atoms with Crippen molar-refractivity contribution in [2.45, 2.75) is 59.0 Å². The van der Waals surface area contributed by atoms with E-state index in [1.807, 2.05) is 0 Å². The number of hydrogen-bond donors (Lipinski definition) is 0. The van der Waals surface area contributed by atoms with Crippen molar-refractivity contribution in [3.63, 3.8) is 0 Å². The van der Waals surface area contributed by atoms with Gasteiger partial charge < -0.3 is 18.9 Å². The molecule has 1 saturated heterocycles. The molecule has 27 heavy (non-hydrogen) atoms. The van der Waals surface area contributed by atoms with Crippen molar-refractivity contribution in [2.75, 3.05) is 33.0 Å². The van der Waals surface area contributed by atoms with Crippen LogP contribution >= 0.6 is 7.82 Å². The van der Waals surface area contributed by atoms with Gasteiger partial charge >= 0.3 is 19.8 Å². The van der Waals surface area contributed by atoms with Crippen LogP contribution < -0.4 is 0 Å². The zero-order valence-electron chi connectivity index (χ0n) is 16.4. The van der Waals surface area contributed by atoms with Gasteiger partial charge in [0.05, 0.1) is 26.4 Å². The van der Waals surface area contributed by atoms with E-state index in [-0.39, 0.29) is 32.8 Å². The maximum Gasteiger partial charge on any atom is 0.474 e. The van der Waals surface area contributed by atoms with E-state index in [2.05, 4.69) is 0 Å². The highest BCUT2D eigenvalue weighted by atomic mass is 31.2. The molecule has 0 aromatic rings. The van der Waals surface area contributed by atoms with Crippen LogP contribution in [0.1, 0.15) is 41.0 Å². The number of phosphoric ester groups is 1. The maximum atomic E-state index is 12.6. The monoisotopic (exact) mass is 412 g/mol. The zero-order chi connectivity index (χ0) is 20.5. The third kappa shape index (κ3) is 10.2. The normalized spacial score (nSPS) is 22.0. The minimum atomic E-state index is -3.83. The molecule has 158 valence electrons. The Hall–Kier alpha value is -1.03. The first-order chi connectivity index (χ1) is 12.6. The summed E-state index contributed by atoms with van der Waals surface area (Å²) in [5, 5.41) is 0. The number of esters is 2. The molecular formula is C16H29O10P. The molecule has 2 unspecified atom stereocenters. The highest BCUT2D eigenvalue weighted by molar-refractivity contribution is 7.48. The number of carbonyl (C=O) groups excluding carboxylic acids is 2. The van der Waals surface area contributed by atoms with Crippen LogP contribution in [0.2, 0.25) is 0 Å². The smallest absolute Gasteiger partial charge is 0.462 e. The fourth-order valence-corrected chi connectivity index (χ4v) is 3.42. The molecule has 1 aliphatic heterocycles. The van der Waals surface area contributed by atoms with Gasteiger partial charge in [-0.1, -0.05) is 0 Å². The molecule has 11 heteroatoms. The lowest BCUT2D eigenvalue weighted by atomic mass is 10.3. The molecular weight excluding hydrogens is 383 g/mol. The second kappa shape index (κ2) is 11.1. The summed E-state index contributed by atoms with van der Waals surface area (Å²) in [6, 6.07) is 0. The van der Waals surface area contributed by atoms with Crippen LogP contribution in [0.3, 0.4) is 0 Å². The summed E-state index contributed by atoms with van der Waals surface area (Å²) in [5.74, 6) is -1.76. The summed E-state index contributed by atoms with van der Waals surface area (Å²) in [6.45, 7) is 7.84. The minimum absolute atomic E-state index is 0.0263. The molecule has 3 atom stereocenters. The van der Waals surface area contributed by atoms with Crippen LogP contribution in [0.25, 0.3) is 0 Å². The summed E-state index contributed by atoms with van der Waals surface area (Å²) in [5.41, 5.74) is 0. The van der Waals surface area contributed by atoms with Crippen molar-refractivity contribution in [3.8, 4) is 0 Å². The van der Waals surface area contributed by atoms with Crippen molar-refractivity contribution in [3.05, 3.63) is 0 Å². The summed E-state index contributed by atoms with van der Waals surface area (Å²) < 4.78 is 49.2. The van der Waals surface area contributed by atoms with Crippen LogP contribution in [0.4, 0.5) is 0 Å². The van der Waals surface area contributed by atoms with Crippen LogP contribution in [0, 0.1) is 0 Å². The Morgan fingerprint density at radius 1 is 1.19 bits per heavy atom. The van der Waals surface area contributed by atoms with Gasteiger partial charge in [0.2, 0.25) is 0 Å². The summed E-state index contributed by atoms with van der Waals surface area (Å²) in [7, 11) is -3.83. The molecule has 1 heterocycles. The maximum absolute atomic E-state index is 12.6. The molecule has 1 aliphatic rings. The average Bonchev–Trinajstić information content (AvgIpc) is 2.89. The van der Waals surface area contributed by atoms with E-state index in [9.17, 15) is 14.2 Å². The van der Waals surface area contributed by atoms with Crippen molar-refractivity contribution in [1.82, 2.24) is 0 Å². The Balaban J connectivity index is 2.49. The van der Waals surface area contributed by atoms with Gasteiger partial charge in [0, 0.05) is 20.3 Å². The highest BCUT2D eigenvalue weighted by Crippen LogP contribution is 2.49. The summed E-state index contributed by atoms with van der Waals surface area (Å²) in [6.07, 6.45) is -0.979. The molecule has 0 aliphatic carbocycles. The fraction of sp³-hybridized carbons (Fsp3) is 0.875. The number of ether oxygens (including phenoxy) is 4. The average molecular weight is 412 g/mol. The third-order valence-electron chi connectivity index (χ3n) is 3.27. The molecule has 0 bridgehead atoms. The Labute approximate surface area is 159 Å². The molecule has 0 spiro atoms. The van der Waals surface area contributed by atoms with Crippen molar-refractivity contribution in [1.29, 1.82) is 0 Å². The van der Waals surface area contributed by atoms with E-state index in [4.69, 9.17) is 32.5 Å². The quantitative estimate of drug-likeness (QED) is 0.349. The molecule has 0 amide bonds. The number of phosphoric acid groups is 1. The molecule has 0 N–H and O–H groups in total. The lowest BCUT2D eigenvalue weighted by Gasteiger charge is -2.21. The fourth-order valence-electron chi connectivity index (χ4n) is 2.21. The Kier molecular flexibility index (Phi) is 9.86. The molecule has 1 rings (SSSR count). The second-order valence-electron chi connectivity index (χ2n) is 6.27. The predicted molar refractivity (Wildman–Crippen MR) is 92.8 cm³/mol. The van der Waals surface area contributed by atoms with Gasteiger partial charge in [0.15, 0.2) is 5.79 Å². The van der Waals surface area contributed by atoms with E-state index in [1.54, 1.807) is 20.8 Å². The number of hydrogen-bond acceptors (Lipinski definition) is 10. The van der Waals surface area contributed by atoms with Gasteiger partial charge in [-0.05, 0) is 20.8 Å². The summed E-state index contributed by atoms with van der Waals surface area (Å²) >= 11 is 0. The van der Waals surface area contributed by atoms with E-state index in [0.29, 0.717) is 6.61 Å². The largest absolute Gasteiger partial charge is 0.474 e. The number of rotatable bonds is 12. The minimum Gasteiger partial charge on any atom is -0.462 e. The first kappa shape index (κ1) is 24.0. The van der Waals surface area contributed by atoms with Gasteiger partial charge in [-0.25, -0.2) is 4.57 Å². The van der Waals surface area contributed by atoms with Gasteiger partial charge in [0.1, 0.15) is 18.8 Å². The molecule has 0 aromatic carbocycles. The lowest BCUT2D eigenvalue weighted by Crippen LogP contribution is -2.25. The first-order valence-corrected chi connectivity index (χ1v) is 10.2. The first-order valence-electron chi connectivity index (χ1n) is 8.71. The van der Waals surface area contributed by atoms with E-state index in [0.717, 1.165) is 0 Å². The van der Waals surface area contributed by atoms with Gasteiger partial charge in [-0.15, -0.1) is 0 Å². The van der Waals surface area contributed by atoms with Crippen molar-refractivity contribution >= 4 is 19.8 Å². The molecule has 1 fully saturated rings. The van der Waals surface area contributed by atoms with E-state index in [1.165, 1.54) is 13.8 Å². The standard InChI is InChI=1S/C16H29O10P/c1-6-22-27(19,24-11-15-10-21-16(4,5)26-15)23-8-7-14(25-13(3)18)9-20-12(2)17/h14-15H,6-11H2,1-5H3/t14-,15?,27?/m0/s1. The topological polar surface area (TPSA) is 116 Å². The van der Waals surface area contributed by atoms with Gasteiger partial charge in [0.25, 0.3) is 0 Å².